The molecule has 1 atom stereocenters. The summed E-state index contributed by atoms with van der Waals surface area (Å²) < 4.78 is 8.21. The summed E-state index contributed by atoms with van der Waals surface area (Å²) in [5.74, 6) is -5.76. The largest absolute Gasteiger partial charge is 0.513 e. The van der Waals surface area contributed by atoms with E-state index in [1.165, 1.54) is 0 Å². The Labute approximate surface area is 77.9 Å². The molecule has 8 nitrogen and oxygen atoms in total. The zero-order valence-electron chi connectivity index (χ0n) is 6.95. The van der Waals surface area contributed by atoms with Gasteiger partial charge < -0.3 is 35.0 Å². The highest BCUT2D eigenvalue weighted by Gasteiger charge is 2.49. The quantitative estimate of drug-likeness (QED) is 0.256. The van der Waals surface area contributed by atoms with E-state index in [0.29, 0.717) is 0 Å². The Bertz CT molecular complexity index is 228. The van der Waals surface area contributed by atoms with Gasteiger partial charge in [0.1, 0.15) is 0 Å². The molecule has 82 valence electrons. The van der Waals surface area contributed by atoms with E-state index in [0.717, 1.165) is 0 Å². The first-order valence-corrected chi connectivity index (χ1v) is 3.72. The summed E-state index contributed by atoms with van der Waals surface area (Å²) in [4.78, 5) is 10.4. The van der Waals surface area contributed by atoms with Crippen molar-refractivity contribution in [1.82, 2.24) is 0 Å². The molecular formula is C6H10O8. The van der Waals surface area contributed by atoms with Crippen LogP contribution >= 0.6 is 0 Å². The van der Waals surface area contributed by atoms with Gasteiger partial charge in [-0.3, -0.25) is 0 Å². The van der Waals surface area contributed by atoms with Crippen molar-refractivity contribution in [3.63, 3.8) is 0 Å². The number of rotatable bonds is 3. The summed E-state index contributed by atoms with van der Waals surface area (Å²) in [5, 5.41) is 43.4. The van der Waals surface area contributed by atoms with Crippen molar-refractivity contribution in [3.05, 3.63) is 0 Å². The van der Waals surface area contributed by atoms with Gasteiger partial charge in [-0.25, -0.2) is 4.79 Å². The molecule has 0 saturated carbocycles. The Morgan fingerprint density at radius 3 is 2.29 bits per heavy atom. The number of cyclic esters (lactones) is 2. The van der Waals surface area contributed by atoms with Crippen LogP contribution in [0.1, 0.15) is 12.8 Å². The molecule has 1 aliphatic rings. The number of aliphatic hydroxyl groups is 5. The van der Waals surface area contributed by atoms with Gasteiger partial charge in [0, 0.05) is 12.8 Å². The molecule has 1 rings (SSSR count). The van der Waals surface area contributed by atoms with E-state index in [9.17, 15) is 4.79 Å². The molecule has 0 aromatic heterocycles. The Morgan fingerprint density at radius 1 is 1.36 bits per heavy atom. The Morgan fingerprint density at radius 2 is 1.93 bits per heavy atom. The fourth-order valence-electron chi connectivity index (χ4n) is 0.977. The molecule has 1 saturated heterocycles. The molecule has 0 spiro atoms. The van der Waals surface area contributed by atoms with Crippen molar-refractivity contribution >= 4 is 6.16 Å². The van der Waals surface area contributed by atoms with Crippen LogP contribution in [0.2, 0.25) is 0 Å². The minimum absolute atomic E-state index is 0.387. The fraction of sp³-hybridized carbons (Fsp3) is 0.833. The van der Waals surface area contributed by atoms with Crippen molar-refractivity contribution in [2.24, 2.45) is 0 Å². The van der Waals surface area contributed by atoms with E-state index >= 15 is 0 Å². The predicted octanol–water partition coefficient (Wildman–Crippen LogP) is -2.43. The van der Waals surface area contributed by atoms with Crippen LogP contribution in [0.15, 0.2) is 0 Å². The molecular weight excluding hydrogens is 200 g/mol. The van der Waals surface area contributed by atoms with Crippen LogP contribution in [-0.2, 0) is 9.47 Å². The van der Waals surface area contributed by atoms with E-state index in [1.54, 1.807) is 0 Å². The van der Waals surface area contributed by atoms with Gasteiger partial charge in [-0.15, -0.1) is 0 Å². The van der Waals surface area contributed by atoms with Gasteiger partial charge in [0.25, 0.3) is 5.97 Å². The second kappa shape index (κ2) is 3.33. The minimum atomic E-state index is -2.95. The first kappa shape index (κ1) is 11.1. The SMILES string of the molecule is O=C1OC(CCC(O)(O)O)C(O)(O)O1. The summed E-state index contributed by atoms with van der Waals surface area (Å²) in [6.45, 7) is 0. The average molecular weight is 210 g/mol. The van der Waals surface area contributed by atoms with Crippen LogP contribution in [-0.4, -0.2) is 49.7 Å². The van der Waals surface area contributed by atoms with Crippen LogP contribution < -0.4 is 0 Å². The third-order valence-electron chi connectivity index (χ3n) is 1.63. The molecule has 0 bridgehead atoms. The molecule has 0 aromatic carbocycles. The molecule has 1 fully saturated rings. The summed E-state index contributed by atoms with van der Waals surface area (Å²) in [5.41, 5.74) is 0. The zero-order chi connectivity index (χ0) is 11.0. The van der Waals surface area contributed by atoms with Crippen molar-refractivity contribution in [3.8, 4) is 0 Å². The molecule has 14 heavy (non-hydrogen) atoms. The van der Waals surface area contributed by atoms with Crippen molar-refractivity contribution in [2.45, 2.75) is 30.9 Å². The Kier molecular flexibility index (Phi) is 2.65. The Hall–Kier alpha value is -0.930. The van der Waals surface area contributed by atoms with E-state index < -0.39 is 30.6 Å². The lowest BCUT2D eigenvalue weighted by molar-refractivity contribution is -0.330. The smallest absolute Gasteiger partial charge is 0.421 e. The van der Waals surface area contributed by atoms with Gasteiger partial charge in [0.2, 0.25) is 0 Å². The molecule has 1 heterocycles. The van der Waals surface area contributed by atoms with Crippen LogP contribution in [0, 0.1) is 0 Å². The highest BCUT2D eigenvalue weighted by Crippen LogP contribution is 2.26. The van der Waals surface area contributed by atoms with Gasteiger partial charge >= 0.3 is 12.1 Å². The van der Waals surface area contributed by atoms with Crippen molar-refractivity contribution in [2.75, 3.05) is 0 Å². The molecule has 8 heteroatoms. The zero-order valence-corrected chi connectivity index (χ0v) is 6.95. The topological polar surface area (TPSA) is 137 Å². The monoisotopic (exact) mass is 210 g/mol. The molecule has 1 unspecified atom stereocenters. The van der Waals surface area contributed by atoms with Gasteiger partial charge in [-0.2, -0.15) is 0 Å². The maximum Gasteiger partial charge on any atom is 0.513 e. The standard InChI is InChI=1S/C6H10O8/c7-4-13-3(6(11,12)14-4)1-2-5(8,9)10/h3,8-12H,1-2H2. The molecule has 5 N–H and O–H groups in total. The third-order valence-corrected chi connectivity index (χ3v) is 1.63. The molecule has 1 aliphatic heterocycles. The van der Waals surface area contributed by atoms with Crippen molar-refractivity contribution < 1.29 is 39.8 Å². The number of hydrogen-bond acceptors (Lipinski definition) is 8. The fourth-order valence-corrected chi connectivity index (χ4v) is 0.977. The third kappa shape index (κ3) is 2.79. The highest BCUT2D eigenvalue weighted by molar-refractivity contribution is 5.62. The molecule has 0 radical (unpaired) electrons. The van der Waals surface area contributed by atoms with E-state index in [-0.39, 0.29) is 6.42 Å². The number of carbonyl (C=O) groups is 1. The van der Waals surface area contributed by atoms with Gasteiger partial charge in [-0.1, -0.05) is 0 Å². The number of ether oxygens (including phenoxy) is 2. The summed E-state index contributed by atoms with van der Waals surface area (Å²) >= 11 is 0. The normalized spacial score (nSPS) is 25.8. The lowest BCUT2D eigenvalue weighted by Gasteiger charge is -2.20. The first-order chi connectivity index (χ1) is 6.21. The summed E-state index contributed by atoms with van der Waals surface area (Å²) in [6.07, 6.45) is -3.76. The van der Waals surface area contributed by atoms with E-state index in [4.69, 9.17) is 25.5 Å². The highest BCUT2D eigenvalue weighted by atomic mass is 16.9. The predicted molar refractivity (Wildman–Crippen MR) is 37.1 cm³/mol. The number of carbonyl (C=O) groups excluding carboxylic acids is 1. The van der Waals surface area contributed by atoms with Crippen LogP contribution in [0.25, 0.3) is 0 Å². The van der Waals surface area contributed by atoms with Crippen LogP contribution in [0.3, 0.4) is 0 Å². The van der Waals surface area contributed by atoms with Gasteiger partial charge in [-0.05, 0) is 0 Å². The number of hydrogen-bond donors (Lipinski definition) is 5. The summed E-state index contributed by atoms with van der Waals surface area (Å²) in [7, 11) is 0. The molecule has 0 aromatic rings. The Balaban J connectivity index is 2.49. The lowest BCUT2D eigenvalue weighted by atomic mass is 10.1. The molecule has 0 aliphatic carbocycles. The average Bonchev–Trinajstić information content (AvgIpc) is 2.18. The maximum absolute atomic E-state index is 10.4. The van der Waals surface area contributed by atoms with Crippen LogP contribution in [0.4, 0.5) is 4.79 Å². The van der Waals surface area contributed by atoms with Crippen molar-refractivity contribution in [1.29, 1.82) is 0 Å². The van der Waals surface area contributed by atoms with E-state index in [1.807, 2.05) is 0 Å². The van der Waals surface area contributed by atoms with Crippen LogP contribution in [0.5, 0.6) is 0 Å². The molecule has 0 amide bonds. The van der Waals surface area contributed by atoms with Gasteiger partial charge in [0.15, 0.2) is 6.10 Å². The lowest BCUT2D eigenvalue weighted by Crippen LogP contribution is -2.41. The second-order valence-electron chi connectivity index (χ2n) is 2.93. The van der Waals surface area contributed by atoms with Gasteiger partial charge in [0.05, 0.1) is 0 Å². The minimum Gasteiger partial charge on any atom is -0.421 e. The summed E-state index contributed by atoms with van der Waals surface area (Å²) in [6, 6.07) is 0. The maximum atomic E-state index is 10.4. The second-order valence-corrected chi connectivity index (χ2v) is 2.93. The first-order valence-electron chi connectivity index (χ1n) is 3.72. The van der Waals surface area contributed by atoms with E-state index in [2.05, 4.69) is 9.47 Å².